The van der Waals surface area contributed by atoms with Crippen LogP contribution in [0.4, 0.5) is 4.39 Å². The zero-order valence-electron chi connectivity index (χ0n) is 10.3. The van der Waals surface area contributed by atoms with Gasteiger partial charge in [0.05, 0.1) is 5.56 Å². The van der Waals surface area contributed by atoms with Gasteiger partial charge in [0.25, 0.3) is 0 Å². The highest BCUT2D eigenvalue weighted by molar-refractivity contribution is 6.09. The standard InChI is InChI=1S/C15H14FNO2/c16-14-4-2-1-3-13(14)15(18)11-5-7-12(8-6-11)19-10-9-17/h1-8H,9-10,17H2. The topological polar surface area (TPSA) is 52.3 Å². The second-order valence-corrected chi connectivity index (χ2v) is 3.97. The van der Waals surface area contributed by atoms with Crippen LogP contribution >= 0.6 is 0 Å². The summed E-state index contributed by atoms with van der Waals surface area (Å²) >= 11 is 0. The van der Waals surface area contributed by atoms with E-state index in [-0.39, 0.29) is 11.3 Å². The molecule has 0 unspecified atom stereocenters. The summed E-state index contributed by atoms with van der Waals surface area (Å²) in [6.07, 6.45) is 0. The predicted molar refractivity (Wildman–Crippen MR) is 70.8 cm³/mol. The molecule has 0 aliphatic carbocycles. The SMILES string of the molecule is NCCOc1ccc(C(=O)c2ccccc2F)cc1. The summed E-state index contributed by atoms with van der Waals surface area (Å²) in [7, 11) is 0. The van der Waals surface area contributed by atoms with Gasteiger partial charge in [-0.3, -0.25) is 4.79 Å². The first-order valence-corrected chi connectivity index (χ1v) is 5.94. The molecular formula is C15H14FNO2. The van der Waals surface area contributed by atoms with Gasteiger partial charge in [-0.25, -0.2) is 4.39 Å². The molecule has 2 N–H and O–H groups in total. The van der Waals surface area contributed by atoms with Gasteiger partial charge in [0.2, 0.25) is 0 Å². The maximum Gasteiger partial charge on any atom is 0.195 e. The average molecular weight is 259 g/mol. The number of ketones is 1. The molecule has 98 valence electrons. The van der Waals surface area contributed by atoms with Crippen molar-refractivity contribution in [2.45, 2.75) is 0 Å². The molecule has 19 heavy (non-hydrogen) atoms. The summed E-state index contributed by atoms with van der Waals surface area (Å²) < 4.78 is 18.8. The number of hydrogen-bond donors (Lipinski definition) is 1. The zero-order valence-corrected chi connectivity index (χ0v) is 10.3. The summed E-state index contributed by atoms with van der Waals surface area (Å²) in [5, 5.41) is 0. The first-order valence-electron chi connectivity index (χ1n) is 5.94. The Hall–Kier alpha value is -2.20. The minimum absolute atomic E-state index is 0.0677. The molecule has 0 atom stereocenters. The van der Waals surface area contributed by atoms with Crippen LogP contribution in [0.5, 0.6) is 5.75 Å². The lowest BCUT2D eigenvalue weighted by Crippen LogP contribution is -2.10. The summed E-state index contributed by atoms with van der Waals surface area (Å²) in [5.41, 5.74) is 5.82. The molecule has 0 aromatic heterocycles. The molecule has 0 aliphatic rings. The van der Waals surface area contributed by atoms with Crippen LogP contribution in [0.1, 0.15) is 15.9 Å². The van der Waals surface area contributed by atoms with E-state index in [0.717, 1.165) is 0 Å². The quantitative estimate of drug-likeness (QED) is 0.839. The fourth-order valence-electron chi connectivity index (χ4n) is 1.68. The van der Waals surface area contributed by atoms with Gasteiger partial charge in [-0.15, -0.1) is 0 Å². The van der Waals surface area contributed by atoms with E-state index in [2.05, 4.69) is 0 Å². The third kappa shape index (κ3) is 3.17. The van der Waals surface area contributed by atoms with E-state index in [0.29, 0.717) is 24.5 Å². The Morgan fingerprint density at radius 3 is 2.42 bits per heavy atom. The summed E-state index contributed by atoms with van der Waals surface area (Å²) in [6.45, 7) is 0.844. The zero-order chi connectivity index (χ0) is 13.7. The van der Waals surface area contributed by atoms with Gasteiger partial charge in [-0.2, -0.15) is 0 Å². The summed E-state index contributed by atoms with van der Waals surface area (Å²) in [5.74, 6) is -0.227. The molecule has 0 radical (unpaired) electrons. The van der Waals surface area contributed by atoms with Crippen LogP contribution in [0, 0.1) is 5.82 Å². The van der Waals surface area contributed by atoms with Gasteiger partial charge in [0.1, 0.15) is 18.2 Å². The lowest BCUT2D eigenvalue weighted by molar-refractivity contribution is 0.103. The molecule has 0 heterocycles. The van der Waals surface area contributed by atoms with Gasteiger partial charge in [-0.05, 0) is 36.4 Å². The van der Waals surface area contributed by atoms with Crippen molar-refractivity contribution in [3.63, 3.8) is 0 Å². The second-order valence-electron chi connectivity index (χ2n) is 3.97. The summed E-state index contributed by atoms with van der Waals surface area (Å²) in [6, 6.07) is 12.5. The molecule has 0 spiro atoms. The second kappa shape index (κ2) is 6.11. The first-order chi connectivity index (χ1) is 9.22. The molecular weight excluding hydrogens is 245 g/mol. The van der Waals surface area contributed by atoms with Crippen molar-refractivity contribution in [2.75, 3.05) is 13.2 Å². The summed E-state index contributed by atoms with van der Waals surface area (Å²) in [4.78, 5) is 12.1. The molecule has 2 aromatic rings. The van der Waals surface area contributed by atoms with Crippen molar-refractivity contribution < 1.29 is 13.9 Å². The van der Waals surface area contributed by atoms with Crippen molar-refractivity contribution in [3.05, 3.63) is 65.5 Å². The molecule has 2 aromatic carbocycles. The van der Waals surface area contributed by atoms with Gasteiger partial charge < -0.3 is 10.5 Å². The number of benzene rings is 2. The van der Waals surface area contributed by atoms with E-state index in [4.69, 9.17) is 10.5 Å². The van der Waals surface area contributed by atoms with Crippen LogP contribution in [0.25, 0.3) is 0 Å². The molecule has 0 saturated heterocycles. The van der Waals surface area contributed by atoms with Crippen LogP contribution in [0.3, 0.4) is 0 Å². The molecule has 4 heteroatoms. The van der Waals surface area contributed by atoms with Crippen LogP contribution < -0.4 is 10.5 Å². The predicted octanol–water partition coefficient (Wildman–Crippen LogP) is 2.39. The van der Waals surface area contributed by atoms with Gasteiger partial charge in [0, 0.05) is 12.1 Å². The Labute approximate surface area is 110 Å². The number of halogens is 1. The third-order valence-corrected chi connectivity index (χ3v) is 2.62. The minimum atomic E-state index is -0.518. The Morgan fingerprint density at radius 1 is 1.11 bits per heavy atom. The van der Waals surface area contributed by atoms with Crippen molar-refractivity contribution in [1.29, 1.82) is 0 Å². The highest BCUT2D eigenvalue weighted by Gasteiger charge is 2.13. The van der Waals surface area contributed by atoms with Gasteiger partial charge in [-0.1, -0.05) is 12.1 Å². The molecule has 0 bridgehead atoms. The van der Waals surface area contributed by atoms with Crippen LogP contribution in [-0.2, 0) is 0 Å². The van der Waals surface area contributed by atoms with E-state index in [9.17, 15) is 9.18 Å². The maximum atomic E-state index is 13.5. The monoisotopic (exact) mass is 259 g/mol. The van der Waals surface area contributed by atoms with Crippen LogP contribution in [-0.4, -0.2) is 18.9 Å². The van der Waals surface area contributed by atoms with Crippen molar-refractivity contribution >= 4 is 5.78 Å². The smallest absolute Gasteiger partial charge is 0.195 e. The van der Waals surface area contributed by atoms with Crippen LogP contribution in [0.15, 0.2) is 48.5 Å². The van der Waals surface area contributed by atoms with Gasteiger partial charge >= 0.3 is 0 Å². The number of ether oxygens (including phenoxy) is 1. The minimum Gasteiger partial charge on any atom is -0.492 e. The highest BCUT2D eigenvalue weighted by Crippen LogP contribution is 2.17. The maximum absolute atomic E-state index is 13.5. The third-order valence-electron chi connectivity index (χ3n) is 2.62. The van der Waals surface area contributed by atoms with Crippen molar-refractivity contribution in [2.24, 2.45) is 5.73 Å². The average Bonchev–Trinajstić information content (AvgIpc) is 2.45. The molecule has 0 fully saturated rings. The molecule has 0 aliphatic heterocycles. The Morgan fingerprint density at radius 2 is 1.79 bits per heavy atom. The fraction of sp³-hybridized carbons (Fsp3) is 0.133. The normalized spacial score (nSPS) is 10.2. The number of carbonyl (C=O) groups excluding carboxylic acids is 1. The Bertz CT molecular complexity index is 567. The van der Waals surface area contributed by atoms with Crippen molar-refractivity contribution in [1.82, 2.24) is 0 Å². The Balaban J connectivity index is 2.18. The first kappa shape index (κ1) is 13.2. The van der Waals surface area contributed by atoms with E-state index in [1.165, 1.54) is 12.1 Å². The van der Waals surface area contributed by atoms with Gasteiger partial charge in [0.15, 0.2) is 5.78 Å². The van der Waals surface area contributed by atoms with E-state index >= 15 is 0 Å². The number of rotatable bonds is 5. The van der Waals surface area contributed by atoms with Crippen LogP contribution in [0.2, 0.25) is 0 Å². The lowest BCUT2D eigenvalue weighted by Gasteiger charge is -2.06. The fourth-order valence-corrected chi connectivity index (χ4v) is 1.68. The van der Waals surface area contributed by atoms with Crippen molar-refractivity contribution in [3.8, 4) is 5.75 Å². The van der Waals surface area contributed by atoms with E-state index in [1.54, 1.807) is 36.4 Å². The van der Waals surface area contributed by atoms with E-state index < -0.39 is 5.82 Å². The number of hydrogen-bond acceptors (Lipinski definition) is 3. The molecule has 0 saturated carbocycles. The number of carbonyl (C=O) groups is 1. The highest BCUT2D eigenvalue weighted by atomic mass is 19.1. The van der Waals surface area contributed by atoms with E-state index in [1.807, 2.05) is 0 Å². The number of nitrogens with two attached hydrogens (primary N) is 1. The molecule has 0 amide bonds. The molecule has 3 nitrogen and oxygen atoms in total. The molecule has 2 rings (SSSR count). The lowest BCUT2D eigenvalue weighted by atomic mass is 10.0. The largest absolute Gasteiger partial charge is 0.492 e. The Kier molecular flexibility index (Phi) is 4.26.